The zero-order valence-corrected chi connectivity index (χ0v) is 17.5. The number of hydrogen-bond acceptors (Lipinski definition) is 4. The molecule has 0 unspecified atom stereocenters. The highest BCUT2D eigenvalue weighted by molar-refractivity contribution is 5.97. The molecular weight excluding hydrogens is 352 g/mol. The van der Waals surface area contributed by atoms with Crippen LogP contribution in [0.1, 0.15) is 58.3 Å². The highest BCUT2D eigenvalue weighted by Crippen LogP contribution is 2.35. The normalized spacial score (nSPS) is 26.4. The number of carbonyl (C=O) groups is 1. The monoisotopic (exact) mass is 388 g/mol. The predicted octanol–water partition coefficient (Wildman–Crippen LogP) is 4.48. The third kappa shape index (κ3) is 5.71. The summed E-state index contributed by atoms with van der Waals surface area (Å²) in [4.78, 5) is 15.3. The lowest BCUT2D eigenvalue weighted by atomic mass is 9.79. The number of likely N-dealkylation sites (tertiary alicyclic amines) is 1. The third-order valence-electron chi connectivity index (χ3n) is 6.37. The van der Waals surface area contributed by atoms with Gasteiger partial charge in [-0.25, -0.2) is 0 Å². The topological polar surface area (TPSA) is 50.8 Å². The van der Waals surface area contributed by atoms with Crippen LogP contribution in [0.3, 0.4) is 0 Å². The van der Waals surface area contributed by atoms with Crippen LogP contribution in [0.15, 0.2) is 24.3 Å². The molecule has 0 atom stereocenters. The number of hydrogen-bond donors (Lipinski definition) is 1. The minimum atomic E-state index is -0.686. The SMILES string of the molecule is COC1(C(=O)Nc2ccc(OCCN3CCCCCC3)cc2)CCC(C)CC1. The molecule has 1 aromatic carbocycles. The first-order valence-electron chi connectivity index (χ1n) is 10.9. The molecule has 1 aromatic rings. The van der Waals surface area contributed by atoms with Gasteiger partial charge in [0.1, 0.15) is 18.0 Å². The molecule has 0 radical (unpaired) electrons. The second-order valence-electron chi connectivity index (χ2n) is 8.46. The Morgan fingerprint density at radius 1 is 1.11 bits per heavy atom. The van der Waals surface area contributed by atoms with E-state index >= 15 is 0 Å². The van der Waals surface area contributed by atoms with Crippen LogP contribution in [-0.4, -0.2) is 49.8 Å². The summed E-state index contributed by atoms with van der Waals surface area (Å²) < 4.78 is 11.6. The average molecular weight is 389 g/mol. The zero-order chi connectivity index (χ0) is 19.8. The second kappa shape index (κ2) is 10.3. The summed E-state index contributed by atoms with van der Waals surface area (Å²) in [5, 5.41) is 3.03. The Labute approximate surface area is 169 Å². The molecule has 1 aliphatic carbocycles. The van der Waals surface area contributed by atoms with Crippen LogP contribution < -0.4 is 10.1 Å². The Bertz CT molecular complexity index is 601. The quantitative estimate of drug-likeness (QED) is 0.748. The summed E-state index contributed by atoms with van der Waals surface area (Å²) in [7, 11) is 1.65. The molecular formula is C23H36N2O3. The van der Waals surface area contributed by atoms with Crippen molar-refractivity contribution in [3.63, 3.8) is 0 Å². The van der Waals surface area contributed by atoms with Gasteiger partial charge in [-0.1, -0.05) is 19.8 Å². The average Bonchev–Trinajstić information content (AvgIpc) is 2.99. The van der Waals surface area contributed by atoms with E-state index in [1.54, 1.807) is 7.11 Å². The van der Waals surface area contributed by atoms with E-state index in [1.165, 1.54) is 38.8 Å². The highest BCUT2D eigenvalue weighted by Gasteiger charge is 2.41. The summed E-state index contributed by atoms with van der Waals surface area (Å²) >= 11 is 0. The molecule has 1 saturated carbocycles. The summed E-state index contributed by atoms with van der Waals surface area (Å²) in [5.41, 5.74) is 0.106. The van der Waals surface area contributed by atoms with Crippen molar-refractivity contribution in [3.05, 3.63) is 24.3 Å². The van der Waals surface area contributed by atoms with Gasteiger partial charge in [-0.2, -0.15) is 0 Å². The number of nitrogens with one attached hydrogen (secondary N) is 1. The molecule has 28 heavy (non-hydrogen) atoms. The van der Waals surface area contributed by atoms with Crippen LogP contribution in [0.25, 0.3) is 0 Å². The van der Waals surface area contributed by atoms with E-state index < -0.39 is 5.60 Å². The first-order valence-corrected chi connectivity index (χ1v) is 10.9. The number of anilines is 1. The molecule has 1 aliphatic heterocycles. The molecule has 1 N–H and O–H groups in total. The second-order valence-corrected chi connectivity index (χ2v) is 8.46. The number of amides is 1. The molecule has 3 rings (SSSR count). The van der Waals surface area contributed by atoms with Gasteiger partial charge in [0.05, 0.1) is 0 Å². The Hall–Kier alpha value is -1.59. The molecule has 2 aliphatic rings. The largest absolute Gasteiger partial charge is 0.492 e. The van der Waals surface area contributed by atoms with Crippen LogP contribution in [-0.2, 0) is 9.53 Å². The first kappa shape index (κ1) is 21.1. The number of methoxy groups -OCH3 is 1. The smallest absolute Gasteiger partial charge is 0.256 e. The molecule has 156 valence electrons. The summed E-state index contributed by atoms with van der Waals surface area (Å²) in [6, 6.07) is 7.68. The number of nitrogens with zero attached hydrogens (tertiary/aromatic N) is 1. The van der Waals surface area contributed by atoms with Gasteiger partial charge < -0.3 is 14.8 Å². The van der Waals surface area contributed by atoms with E-state index in [9.17, 15) is 4.79 Å². The number of rotatable bonds is 7. The first-order chi connectivity index (χ1) is 13.6. The summed E-state index contributed by atoms with van der Waals surface area (Å²) in [5.74, 6) is 1.49. The van der Waals surface area contributed by atoms with E-state index in [-0.39, 0.29) is 5.91 Å². The Morgan fingerprint density at radius 2 is 1.75 bits per heavy atom. The predicted molar refractivity (Wildman–Crippen MR) is 113 cm³/mol. The number of ether oxygens (including phenoxy) is 2. The Kier molecular flexibility index (Phi) is 7.74. The summed E-state index contributed by atoms with van der Waals surface area (Å²) in [6.45, 7) is 6.30. The van der Waals surface area contributed by atoms with Crippen molar-refractivity contribution in [1.82, 2.24) is 4.90 Å². The fourth-order valence-corrected chi connectivity index (χ4v) is 4.28. The molecule has 1 heterocycles. The summed E-state index contributed by atoms with van der Waals surface area (Å²) in [6.07, 6.45) is 8.95. The highest BCUT2D eigenvalue weighted by atomic mass is 16.5. The molecule has 0 bridgehead atoms. The molecule has 0 spiro atoms. The number of carbonyl (C=O) groups excluding carboxylic acids is 1. The van der Waals surface area contributed by atoms with Crippen LogP contribution in [0.5, 0.6) is 5.75 Å². The van der Waals surface area contributed by atoms with Gasteiger partial charge in [-0.3, -0.25) is 9.69 Å². The lowest BCUT2D eigenvalue weighted by Crippen LogP contribution is -2.47. The van der Waals surface area contributed by atoms with Gasteiger partial charge in [-0.15, -0.1) is 0 Å². The van der Waals surface area contributed by atoms with Crippen molar-refractivity contribution >= 4 is 11.6 Å². The molecule has 2 fully saturated rings. The third-order valence-corrected chi connectivity index (χ3v) is 6.37. The Balaban J connectivity index is 1.46. The van der Waals surface area contributed by atoms with Gasteiger partial charge in [0.15, 0.2) is 0 Å². The fraction of sp³-hybridized carbons (Fsp3) is 0.696. The van der Waals surface area contributed by atoms with E-state index in [4.69, 9.17) is 9.47 Å². The van der Waals surface area contributed by atoms with Gasteiger partial charge >= 0.3 is 0 Å². The number of benzene rings is 1. The van der Waals surface area contributed by atoms with Gasteiger partial charge in [0.2, 0.25) is 0 Å². The van der Waals surface area contributed by atoms with Crippen LogP contribution in [0, 0.1) is 5.92 Å². The van der Waals surface area contributed by atoms with Gasteiger partial charge in [-0.05, 0) is 81.8 Å². The van der Waals surface area contributed by atoms with Crippen molar-refractivity contribution in [1.29, 1.82) is 0 Å². The van der Waals surface area contributed by atoms with Gasteiger partial charge in [0, 0.05) is 19.3 Å². The maximum atomic E-state index is 12.8. The van der Waals surface area contributed by atoms with Crippen molar-refractivity contribution in [2.75, 3.05) is 38.7 Å². The van der Waals surface area contributed by atoms with Crippen LogP contribution >= 0.6 is 0 Å². The van der Waals surface area contributed by atoms with Crippen molar-refractivity contribution in [3.8, 4) is 5.75 Å². The molecule has 0 aromatic heterocycles. The zero-order valence-electron chi connectivity index (χ0n) is 17.5. The standard InChI is InChI=1S/C23H36N2O3/c1-19-11-13-23(27-2,14-12-19)22(26)24-20-7-9-21(10-8-20)28-18-17-25-15-5-3-4-6-16-25/h7-10,19H,3-6,11-18H2,1-2H3,(H,24,26). The molecule has 5 nitrogen and oxygen atoms in total. The fourth-order valence-electron chi connectivity index (χ4n) is 4.28. The molecule has 1 amide bonds. The minimum absolute atomic E-state index is 0.0308. The van der Waals surface area contributed by atoms with Crippen molar-refractivity contribution in [2.45, 2.75) is 63.9 Å². The van der Waals surface area contributed by atoms with Crippen molar-refractivity contribution in [2.24, 2.45) is 5.92 Å². The Morgan fingerprint density at radius 3 is 2.36 bits per heavy atom. The molecule has 5 heteroatoms. The van der Waals surface area contributed by atoms with Gasteiger partial charge in [0.25, 0.3) is 5.91 Å². The minimum Gasteiger partial charge on any atom is -0.492 e. The van der Waals surface area contributed by atoms with Crippen LogP contribution in [0.4, 0.5) is 5.69 Å². The van der Waals surface area contributed by atoms with E-state index in [0.29, 0.717) is 12.5 Å². The van der Waals surface area contributed by atoms with E-state index in [1.807, 2.05) is 24.3 Å². The lowest BCUT2D eigenvalue weighted by molar-refractivity contribution is -0.142. The molecule has 1 saturated heterocycles. The van der Waals surface area contributed by atoms with E-state index in [2.05, 4.69) is 17.1 Å². The van der Waals surface area contributed by atoms with Crippen molar-refractivity contribution < 1.29 is 14.3 Å². The van der Waals surface area contributed by atoms with E-state index in [0.717, 1.165) is 43.7 Å². The maximum Gasteiger partial charge on any atom is 0.256 e. The lowest BCUT2D eigenvalue weighted by Gasteiger charge is -2.36. The maximum absolute atomic E-state index is 12.8. The van der Waals surface area contributed by atoms with Crippen LogP contribution in [0.2, 0.25) is 0 Å².